The van der Waals surface area contributed by atoms with Crippen molar-refractivity contribution in [1.29, 1.82) is 0 Å². The minimum atomic E-state index is -3.60. The van der Waals surface area contributed by atoms with Gasteiger partial charge in [-0.1, -0.05) is 37.0 Å². The van der Waals surface area contributed by atoms with Gasteiger partial charge >= 0.3 is 0 Å². The molecule has 0 heterocycles. The molecule has 8 heteroatoms. The maximum Gasteiger partial charge on any atom is 0.242 e. The van der Waals surface area contributed by atoms with E-state index in [4.69, 9.17) is 28.9 Å². The first-order chi connectivity index (χ1) is 9.14. The molecule has 0 fully saturated rings. The summed E-state index contributed by atoms with van der Waals surface area (Å²) in [6, 6.07) is 4.25. The lowest BCUT2D eigenvalue weighted by molar-refractivity contribution is 0.397. The molecule has 0 saturated heterocycles. The highest BCUT2D eigenvalue weighted by Gasteiger charge is 2.22. The van der Waals surface area contributed by atoms with Crippen LogP contribution < -0.4 is 5.73 Å². The summed E-state index contributed by atoms with van der Waals surface area (Å²) in [4.78, 5) is 0.0932. The van der Waals surface area contributed by atoms with Gasteiger partial charge in [-0.15, -0.1) is 12.4 Å². The fourth-order valence-electron chi connectivity index (χ4n) is 1.64. The lowest BCUT2D eigenvalue weighted by Gasteiger charge is -2.21. The molecule has 1 aromatic rings. The predicted molar refractivity (Wildman–Crippen MR) is 91.0 cm³/mol. The van der Waals surface area contributed by atoms with E-state index in [1.165, 1.54) is 29.6 Å². The van der Waals surface area contributed by atoms with Crippen molar-refractivity contribution < 1.29 is 8.42 Å². The molecular formula is C13H21Cl3N2O2S. The minimum absolute atomic E-state index is 0. The summed E-state index contributed by atoms with van der Waals surface area (Å²) in [5.41, 5.74) is 5.93. The summed E-state index contributed by atoms with van der Waals surface area (Å²) in [5, 5.41) is 0.590. The van der Waals surface area contributed by atoms with Gasteiger partial charge in [0.05, 0.1) is 4.90 Å². The number of hydrogen-bond acceptors (Lipinski definition) is 3. The Morgan fingerprint density at radius 1 is 1.19 bits per heavy atom. The molecule has 0 amide bonds. The average Bonchev–Trinajstić information content (AvgIpc) is 2.33. The molecule has 1 aromatic carbocycles. The number of sulfonamides is 1. The Kier molecular flexibility index (Phi) is 8.54. The fourth-order valence-corrected chi connectivity index (χ4v) is 3.55. The Balaban J connectivity index is 0.00000400. The second-order valence-electron chi connectivity index (χ2n) is 5.13. The van der Waals surface area contributed by atoms with Gasteiger partial charge in [0.2, 0.25) is 10.0 Å². The van der Waals surface area contributed by atoms with Crippen LogP contribution >= 0.6 is 35.6 Å². The molecule has 0 aliphatic heterocycles. The molecule has 2 N–H and O–H groups in total. The van der Waals surface area contributed by atoms with Gasteiger partial charge in [0.15, 0.2) is 0 Å². The van der Waals surface area contributed by atoms with Crippen molar-refractivity contribution in [2.45, 2.75) is 31.2 Å². The van der Waals surface area contributed by atoms with Crippen LogP contribution in [0.4, 0.5) is 0 Å². The number of benzene rings is 1. The van der Waals surface area contributed by atoms with Gasteiger partial charge in [0.1, 0.15) is 0 Å². The molecular weight excluding hydrogens is 355 g/mol. The SMILES string of the molecule is CC(C)C(N)CCN(C)S(=O)(=O)c1cc(Cl)cc(Cl)c1.Cl. The Morgan fingerprint density at radius 3 is 2.10 bits per heavy atom. The van der Waals surface area contributed by atoms with Crippen molar-refractivity contribution in [1.82, 2.24) is 4.31 Å². The predicted octanol–water partition coefficient (Wildman–Crippen LogP) is 3.41. The second kappa shape index (κ2) is 8.56. The molecule has 0 bridgehead atoms. The zero-order valence-corrected chi connectivity index (χ0v) is 15.4. The van der Waals surface area contributed by atoms with Gasteiger partial charge in [-0.3, -0.25) is 0 Å². The third kappa shape index (κ3) is 5.93. The molecule has 0 radical (unpaired) electrons. The molecule has 1 atom stereocenters. The summed E-state index contributed by atoms with van der Waals surface area (Å²) < 4.78 is 26.0. The third-order valence-electron chi connectivity index (χ3n) is 3.18. The summed E-state index contributed by atoms with van der Waals surface area (Å²) in [7, 11) is -2.07. The van der Waals surface area contributed by atoms with E-state index < -0.39 is 10.0 Å². The summed E-state index contributed by atoms with van der Waals surface area (Å²) >= 11 is 11.7. The largest absolute Gasteiger partial charge is 0.327 e. The maximum atomic E-state index is 12.4. The summed E-state index contributed by atoms with van der Waals surface area (Å²) in [6.07, 6.45) is 0.599. The van der Waals surface area contributed by atoms with E-state index in [1.54, 1.807) is 0 Å². The zero-order chi connectivity index (χ0) is 15.5. The van der Waals surface area contributed by atoms with Gasteiger partial charge in [0, 0.05) is 29.7 Å². The highest BCUT2D eigenvalue weighted by atomic mass is 35.5. The minimum Gasteiger partial charge on any atom is -0.327 e. The van der Waals surface area contributed by atoms with Crippen molar-refractivity contribution in [3.05, 3.63) is 28.2 Å². The first-order valence-electron chi connectivity index (χ1n) is 6.32. The number of nitrogens with two attached hydrogens (primary N) is 1. The molecule has 122 valence electrons. The Labute approximate surface area is 143 Å². The van der Waals surface area contributed by atoms with Gasteiger partial charge in [-0.05, 0) is 30.5 Å². The van der Waals surface area contributed by atoms with E-state index in [-0.39, 0.29) is 23.3 Å². The van der Waals surface area contributed by atoms with E-state index >= 15 is 0 Å². The average molecular weight is 376 g/mol. The first kappa shape index (κ1) is 21.0. The van der Waals surface area contributed by atoms with Crippen LogP contribution in [0.3, 0.4) is 0 Å². The van der Waals surface area contributed by atoms with E-state index in [9.17, 15) is 8.42 Å². The van der Waals surface area contributed by atoms with Gasteiger partial charge in [-0.2, -0.15) is 0 Å². The van der Waals surface area contributed by atoms with Crippen LogP contribution in [0, 0.1) is 5.92 Å². The highest BCUT2D eigenvalue weighted by Crippen LogP contribution is 2.24. The normalized spacial score (nSPS) is 13.3. The van der Waals surface area contributed by atoms with Crippen LogP contribution in [0.1, 0.15) is 20.3 Å². The second-order valence-corrected chi connectivity index (χ2v) is 8.05. The fraction of sp³-hybridized carbons (Fsp3) is 0.538. The highest BCUT2D eigenvalue weighted by molar-refractivity contribution is 7.89. The molecule has 0 spiro atoms. The molecule has 0 aromatic heterocycles. The topological polar surface area (TPSA) is 63.4 Å². The molecule has 4 nitrogen and oxygen atoms in total. The lowest BCUT2D eigenvalue weighted by atomic mass is 10.0. The van der Waals surface area contributed by atoms with Crippen LogP contribution in [0.2, 0.25) is 10.0 Å². The van der Waals surface area contributed by atoms with Gasteiger partial charge in [0.25, 0.3) is 0 Å². The zero-order valence-electron chi connectivity index (χ0n) is 12.2. The quantitative estimate of drug-likeness (QED) is 0.828. The number of nitrogens with zero attached hydrogens (tertiary/aromatic N) is 1. The van der Waals surface area contributed by atoms with Crippen LogP contribution in [-0.2, 0) is 10.0 Å². The van der Waals surface area contributed by atoms with Crippen molar-refractivity contribution in [3.63, 3.8) is 0 Å². The van der Waals surface area contributed by atoms with E-state index in [1.807, 2.05) is 13.8 Å². The molecule has 21 heavy (non-hydrogen) atoms. The first-order valence-corrected chi connectivity index (χ1v) is 8.52. The van der Waals surface area contributed by atoms with E-state index in [0.29, 0.717) is 28.9 Å². The van der Waals surface area contributed by atoms with Crippen LogP contribution in [-0.4, -0.2) is 32.4 Å². The summed E-state index contributed by atoms with van der Waals surface area (Å²) in [5.74, 6) is 0.312. The van der Waals surface area contributed by atoms with Crippen molar-refractivity contribution in [2.24, 2.45) is 11.7 Å². The molecule has 0 saturated carbocycles. The molecule has 1 unspecified atom stereocenters. The Bertz CT molecular complexity index is 544. The number of rotatable bonds is 6. The maximum absolute atomic E-state index is 12.4. The summed E-state index contributed by atoms with van der Waals surface area (Å²) in [6.45, 7) is 4.37. The number of hydrogen-bond donors (Lipinski definition) is 1. The lowest BCUT2D eigenvalue weighted by Crippen LogP contribution is -2.34. The molecule has 0 aliphatic carbocycles. The standard InChI is InChI=1S/C13H20Cl2N2O2S.ClH/c1-9(2)13(16)4-5-17(3)20(18,19)12-7-10(14)6-11(15)8-12;/h6-9,13H,4-5,16H2,1-3H3;1H. The van der Waals surface area contributed by atoms with Crippen LogP contribution in [0.25, 0.3) is 0 Å². The Hall–Kier alpha value is -0.0400. The molecule has 0 aliphatic rings. The van der Waals surface area contributed by atoms with Crippen molar-refractivity contribution >= 4 is 45.6 Å². The Morgan fingerprint density at radius 2 is 1.67 bits per heavy atom. The molecule has 1 rings (SSSR count). The van der Waals surface area contributed by atoms with E-state index in [0.717, 1.165) is 0 Å². The van der Waals surface area contributed by atoms with Gasteiger partial charge < -0.3 is 5.73 Å². The smallest absolute Gasteiger partial charge is 0.242 e. The van der Waals surface area contributed by atoms with Gasteiger partial charge in [-0.25, -0.2) is 12.7 Å². The van der Waals surface area contributed by atoms with Crippen molar-refractivity contribution in [3.8, 4) is 0 Å². The van der Waals surface area contributed by atoms with E-state index in [2.05, 4.69) is 0 Å². The van der Waals surface area contributed by atoms with Crippen molar-refractivity contribution in [2.75, 3.05) is 13.6 Å². The monoisotopic (exact) mass is 374 g/mol. The third-order valence-corrected chi connectivity index (χ3v) is 5.45. The van der Waals surface area contributed by atoms with Crippen LogP contribution in [0.15, 0.2) is 23.1 Å². The van der Waals surface area contributed by atoms with Crippen LogP contribution in [0.5, 0.6) is 0 Å². The number of halogens is 3.